The first-order valence-corrected chi connectivity index (χ1v) is 9.54. The maximum Gasteiger partial charge on any atom is 0.455 e. The molecule has 0 spiro atoms. The maximum absolute atomic E-state index is 12.9. The number of rotatable bonds is 4. The molecule has 3 aromatic rings. The van der Waals surface area contributed by atoms with Gasteiger partial charge in [-0.2, -0.15) is 13.2 Å². The number of nitrogens with zero attached hydrogens (tertiary/aromatic N) is 1. The third-order valence-electron chi connectivity index (χ3n) is 3.24. The van der Waals surface area contributed by atoms with Gasteiger partial charge in [0.1, 0.15) is 10.6 Å². The number of amides is 1. The zero-order chi connectivity index (χ0) is 19.8. The van der Waals surface area contributed by atoms with Crippen molar-refractivity contribution >= 4 is 62.7 Å². The number of thiazole rings is 1. The number of aromatic nitrogens is 1. The second-order valence-electron chi connectivity index (χ2n) is 5.08. The van der Waals surface area contributed by atoms with E-state index in [1.807, 2.05) is 0 Å². The standard InChI is InChI=1S/C16H7Cl2F3N2O2S2/c17-7-3-4-9(18)8(6-7)14(25)23-15-22-11(10-2-1-5-26-10)12(27-15)13(24)16(19,20)21/h1-6H,(H,22,23,25). The number of Topliss-reactive ketones (excluding diaryl/α,β-unsaturated/α-hetero) is 1. The quantitative estimate of drug-likeness (QED) is 0.483. The molecule has 0 saturated heterocycles. The smallest absolute Gasteiger partial charge is 0.298 e. The molecule has 3 rings (SSSR count). The Morgan fingerprint density at radius 3 is 2.52 bits per heavy atom. The van der Waals surface area contributed by atoms with E-state index in [1.54, 1.807) is 11.4 Å². The monoisotopic (exact) mass is 450 g/mol. The molecule has 27 heavy (non-hydrogen) atoms. The number of hydrogen-bond acceptors (Lipinski definition) is 5. The molecule has 2 heterocycles. The number of hydrogen-bond donors (Lipinski definition) is 1. The lowest BCUT2D eigenvalue weighted by Crippen LogP contribution is -2.22. The number of carbonyl (C=O) groups is 2. The SMILES string of the molecule is O=C(Nc1nc(-c2cccs2)c(C(=O)C(F)(F)F)s1)c1cc(Cl)ccc1Cl. The number of carbonyl (C=O) groups excluding carboxylic acids is 2. The van der Waals surface area contributed by atoms with Gasteiger partial charge in [-0.25, -0.2) is 4.98 Å². The first-order chi connectivity index (χ1) is 12.7. The van der Waals surface area contributed by atoms with E-state index in [4.69, 9.17) is 23.2 Å². The zero-order valence-electron chi connectivity index (χ0n) is 12.9. The summed E-state index contributed by atoms with van der Waals surface area (Å²) in [6.07, 6.45) is -5.06. The van der Waals surface area contributed by atoms with Crippen molar-refractivity contribution in [1.82, 2.24) is 4.98 Å². The molecule has 0 atom stereocenters. The summed E-state index contributed by atoms with van der Waals surface area (Å²) in [6.45, 7) is 0. The lowest BCUT2D eigenvalue weighted by atomic mass is 10.2. The lowest BCUT2D eigenvalue weighted by Gasteiger charge is -2.04. The molecule has 4 nitrogen and oxygen atoms in total. The predicted molar refractivity (Wildman–Crippen MR) is 100 cm³/mol. The van der Waals surface area contributed by atoms with E-state index in [2.05, 4.69) is 10.3 Å². The molecule has 0 fully saturated rings. The Labute approximate surface area is 168 Å². The molecule has 140 valence electrons. The van der Waals surface area contributed by atoms with Crippen LogP contribution in [-0.4, -0.2) is 22.9 Å². The van der Waals surface area contributed by atoms with Gasteiger partial charge in [0.05, 0.1) is 15.5 Å². The molecule has 1 amide bonds. The van der Waals surface area contributed by atoms with Crippen LogP contribution >= 0.6 is 45.9 Å². The van der Waals surface area contributed by atoms with Crippen LogP contribution in [0.25, 0.3) is 10.6 Å². The minimum absolute atomic E-state index is 0.0285. The molecule has 2 aromatic heterocycles. The highest BCUT2D eigenvalue weighted by molar-refractivity contribution is 7.19. The van der Waals surface area contributed by atoms with Crippen LogP contribution in [0.2, 0.25) is 10.0 Å². The van der Waals surface area contributed by atoms with Crippen molar-refractivity contribution in [2.45, 2.75) is 6.18 Å². The Hall–Kier alpha value is -1.94. The summed E-state index contributed by atoms with van der Waals surface area (Å²) in [5.41, 5.74) is -0.106. The van der Waals surface area contributed by atoms with Crippen LogP contribution in [0, 0.1) is 0 Å². The highest BCUT2D eigenvalue weighted by Crippen LogP contribution is 2.37. The van der Waals surface area contributed by atoms with E-state index in [0.29, 0.717) is 16.2 Å². The summed E-state index contributed by atoms with van der Waals surface area (Å²) in [5, 5.41) is 4.21. The van der Waals surface area contributed by atoms with Crippen molar-refractivity contribution in [2.75, 3.05) is 5.32 Å². The van der Waals surface area contributed by atoms with Gasteiger partial charge in [0, 0.05) is 5.02 Å². The van der Waals surface area contributed by atoms with Crippen LogP contribution < -0.4 is 5.32 Å². The van der Waals surface area contributed by atoms with Crippen molar-refractivity contribution in [3.05, 3.63) is 56.2 Å². The Morgan fingerprint density at radius 2 is 1.89 bits per heavy atom. The molecule has 0 aliphatic rings. The number of thiophene rings is 1. The molecule has 0 aliphatic heterocycles. The molecular formula is C16H7Cl2F3N2O2S2. The second-order valence-corrected chi connectivity index (χ2v) is 7.87. The number of benzene rings is 1. The lowest BCUT2D eigenvalue weighted by molar-refractivity contribution is -0.0882. The van der Waals surface area contributed by atoms with Crippen molar-refractivity contribution in [1.29, 1.82) is 0 Å². The summed E-state index contributed by atoms with van der Waals surface area (Å²) in [7, 11) is 0. The molecule has 1 aromatic carbocycles. The van der Waals surface area contributed by atoms with Gasteiger partial charge in [0.25, 0.3) is 11.7 Å². The Balaban J connectivity index is 1.98. The van der Waals surface area contributed by atoms with E-state index in [-0.39, 0.29) is 26.4 Å². The van der Waals surface area contributed by atoms with Crippen LogP contribution in [0.3, 0.4) is 0 Å². The van der Waals surface area contributed by atoms with Crippen molar-refractivity contribution in [3.8, 4) is 10.6 Å². The first kappa shape index (κ1) is 19.8. The van der Waals surface area contributed by atoms with Gasteiger partial charge in [-0.1, -0.05) is 40.6 Å². The van der Waals surface area contributed by atoms with Crippen molar-refractivity contribution in [3.63, 3.8) is 0 Å². The van der Waals surface area contributed by atoms with E-state index in [9.17, 15) is 22.8 Å². The van der Waals surface area contributed by atoms with Crippen LogP contribution in [0.1, 0.15) is 20.0 Å². The molecule has 1 N–H and O–H groups in total. The fraction of sp³-hybridized carbons (Fsp3) is 0.0625. The van der Waals surface area contributed by atoms with Gasteiger partial charge in [-0.3, -0.25) is 14.9 Å². The molecule has 11 heteroatoms. The molecule has 0 unspecified atom stereocenters. The summed E-state index contributed by atoms with van der Waals surface area (Å²) in [4.78, 5) is 27.9. The number of ketones is 1. The van der Waals surface area contributed by atoms with Gasteiger partial charge in [0.15, 0.2) is 5.13 Å². The number of nitrogens with one attached hydrogen (secondary N) is 1. The highest BCUT2D eigenvalue weighted by Gasteiger charge is 2.42. The van der Waals surface area contributed by atoms with Crippen LogP contribution in [0.15, 0.2) is 35.7 Å². The predicted octanol–water partition coefficient (Wildman–Crippen LogP) is 6.18. The summed E-state index contributed by atoms with van der Waals surface area (Å²) in [6, 6.07) is 7.36. The molecule has 0 saturated carbocycles. The molecule has 0 bridgehead atoms. The van der Waals surface area contributed by atoms with E-state index < -0.39 is 22.7 Å². The fourth-order valence-corrected chi connectivity index (χ4v) is 4.17. The largest absolute Gasteiger partial charge is 0.455 e. The van der Waals surface area contributed by atoms with Crippen LogP contribution in [0.5, 0.6) is 0 Å². The molecular weight excluding hydrogens is 444 g/mol. The van der Waals surface area contributed by atoms with Crippen LogP contribution in [0.4, 0.5) is 18.3 Å². The zero-order valence-corrected chi connectivity index (χ0v) is 16.1. The minimum atomic E-state index is -5.06. The minimum Gasteiger partial charge on any atom is -0.298 e. The molecule has 0 radical (unpaired) electrons. The van der Waals surface area contributed by atoms with Crippen molar-refractivity contribution in [2.24, 2.45) is 0 Å². The van der Waals surface area contributed by atoms with E-state index in [0.717, 1.165) is 11.3 Å². The van der Waals surface area contributed by atoms with Gasteiger partial charge in [0.2, 0.25) is 0 Å². The summed E-state index contributed by atoms with van der Waals surface area (Å²) >= 11 is 13.3. The second kappa shape index (κ2) is 7.59. The average Bonchev–Trinajstić information content (AvgIpc) is 3.24. The Kier molecular flexibility index (Phi) is 5.57. The van der Waals surface area contributed by atoms with Gasteiger partial charge < -0.3 is 0 Å². The number of halogens is 5. The van der Waals surface area contributed by atoms with E-state index >= 15 is 0 Å². The summed E-state index contributed by atoms with van der Waals surface area (Å²) < 4.78 is 38.7. The number of anilines is 1. The van der Waals surface area contributed by atoms with Gasteiger partial charge in [-0.05, 0) is 29.6 Å². The summed E-state index contributed by atoms with van der Waals surface area (Å²) in [5.74, 6) is -2.73. The third kappa shape index (κ3) is 4.32. The normalized spacial score (nSPS) is 11.4. The maximum atomic E-state index is 12.9. The average molecular weight is 451 g/mol. The topological polar surface area (TPSA) is 59.1 Å². The van der Waals surface area contributed by atoms with Gasteiger partial charge >= 0.3 is 6.18 Å². The van der Waals surface area contributed by atoms with Crippen LogP contribution in [-0.2, 0) is 0 Å². The van der Waals surface area contributed by atoms with Crippen molar-refractivity contribution < 1.29 is 22.8 Å². The Morgan fingerprint density at radius 1 is 1.15 bits per heavy atom. The number of alkyl halides is 3. The van der Waals surface area contributed by atoms with E-state index in [1.165, 1.54) is 24.3 Å². The highest BCUT2D eigenvalue weighted by atomic mass is 35.5. The first-order valence-electron chi connectivity index (χ1n) is 7.09. The van der Waals surface area contributed by atoms with Gasteiger partial charge in [-0.15, -0.1) is 11.3 Å². The third-order valence-corrected chi connectivity index (χ3v) is 5.65. The Bertz CT molecular complexity index is 1020. The molecule has 0 aliphatic carbocycles. The fourth-order valence-electron chi connectivity index (χ4n) is 2.07.